The summed E-state index contributed by atoms with van der Waals surface area (Å²) in [4.78, 5) is 28.5. The minimum Gasteiger partial charge on any atom is -0.350 e. The fourth-order valence-electron chi connectivity index (χ4n) is 3.32. The van der Waals surface area contributed by atoms with Crippen LogP contribution in [0.2, 0.25) is 0 Å². The molecule has 3 aromatic rings. The summed E-state index contributed by atoms with van der Waals surface area (Å²) in [5.41, 5.74) is 2.64. The third-order valence-corrected chi connectivity index (χ3v) is 5.84. The molecule has 0 atom stereocenters. The van der Waals surface area contributed by atoms with Gasteiger partial charge in [-0.2, -0.15) is 0 Å². The third kappa shape index (κ3) is 3.66. The topological polar surface area (TPSA) is 49.4 Å². The maximum atomic E-state index is 13.3. The second-order valence-corrected chi connectivity index (χ2v) is 9.05. The lowest BCUT2D eigenvalue weighted by atomic mass is 9.87. The van der Waals surface area contributed by atoms with Crippen LogP contribution in [0.25, 0.3) is 5.57 Å². The van der Waals surface area contributed by atoms with Gasteiger partial charge in [0.1, 0.15) is 11.5 Å². The van der Waals surface area contributed by atoms with Gasteiger partial charge in [-0.3, -0.25) is 9.59 Å². The fourth-order valence-corrected chi connectivity index (χ4v) is 4.09. The van der Waals surface area contributed by atoms with Crippen molar-refractivity contribution in [1.29, 1.82) is 0 Å². The minimum absolute atomic E-state index is 0.0345. The Balaban J connectivity index is 1.74. The van der Waals surface area contributed by atoms with Gasteiger partial charge in [-0.15, -0.1) is 11.3 Å². The van der Waals surface area contributed by atoms with Gasteiger partial charge in [-0.1, -0.05) is 39.0 Å². The molecule has 0 spiro atoms. The molecule has 1 N–H and O–H groups in total. The first-order chi connectivity index (χ1) is 14.3. The molecule has 0 bridgehead atoms. The molecule has 1 aromatic heterocycles. The molecule has 4 nitrogen and oxygen atoms in total. The molecule has 0 saturated heterocycles. The van der Waals surface area contributed by atoms with E-state index in [0.717, 1.165) is 5.56 Å². The molecular weight excluding hydrogens is 399 g/mol. The average molecular weight is 421 g/mol. The van der Waals surface area contributed by atoms with Crippen molar-refractivity contribution in [2.24, 2.45) is 0 Å². The molecule has 0 saturated carbocycles. The van der Waals surface area contributed by atoms with Crippen molar-refractivity contribution in [3.05, 3.63) is 88.0 Å². The number of benzene rings is 2. The standard InChI is InChI=1S/C24H21FN2O2S/c1-24(2,3)15-6-12-18(13-7-15)27-22(28)20(19-5-4-14-30-19)21(23(27)29)26-17-10-8-16(25)9-11-17/h4-14,26H,1-3H3. The molecule has 152 valence electrons. The largest absolute Gasteiger partial charge is 0.350 e. The lowest BCUT2D eigenvalue weighted by molar-refractivity contribution is -0.120. The number of hydrogen-bond acceptors (Lipinski definition) is 4. The van der Waals surface area contributed by atoms with Gasteiger partial charge < -0.3 is 5.32 Å². The van der Waals surface area contributed by atoms with Gasteiger partial charge in [0.05, 0.1) is 11.3 Å². The van der Waals surface area contributed by atoms with Crippen molar-refractivity contribution in [2.75, 3.05) is 10.2 Å². The van der Waals surface area contributed by atoms with Crippen LogP contribution in [0.4, 0.5) is 15.8 Å². The van der Waals surface area contributed by atoms with Crippen molar-refractivity contribution < 1.29 is 14.0 Å². The van der Waals surface area contributed by atoms with Crippen LogP contribution in [0.15, 0.2) is 71.7 Å². The average Bonchev–Trinajstić information content (AvgIpc) is 3.30. The number of thiophene rings is 1. The Labute approximate surface area is 178 Å². The first-order valence-corrected chi connectivity index (χ1v) is 10.4. The number of carbonyl (C=O) groups excluding carboxylic acids is 2. The summed E-state index contributed by atoms with van der Waals surface area (Å²) in [6, 6.07) is 16.8. The highest BCUT2D eigenvalue weighted by molar-refractivity contribution is 7.11. The van der Waals surface area contributed by atoms with Crippen molar-refractivity contribution in [1.82, 2.24) is 0 Å². The number of hydrogen-bond donors (Lipinski definition) is 1. The summed E-state index contributed by atoms with van der Waals surface area (Å²) < 4.78 is 13.3. The molecule has 1 aliphatic rings. The zero-order valence-electron chi connectivity index (χ0n) is 16.9. The van der Waals surface area contributed by atoms with Crippen LogP contribution in [0.3, 0.4) is 0 Å². The summed E-state index contributed by atoms with van der Waals surface area (Å²) in [7, 11) is 0. The molecule has 0 unspecified atom stereocenters. The molecule has 30 heavy (non-hydrogen) atoms. The van der Waals surface area contributed by atoms with E-state index in [1.165, 1.54) is 40.5 Å². The summed E-state index contributed by atoms with van der Waals surface area (Å²) in [5, 5.41) is 4.89. The molecule has 6 heteroatoms. The first-order valence-electron chi connectivity index (χ1n) is 9.56. The van der Waals surface area contributed by atoms with E-state index < -0.39 is 5.91 Å². The highest BCUT2D eigenvalue weighted by atomic mass is 32.1. The zero-order valence-corrected chi connectivity index (χ0v) is 17.7. The van der Waals surface area contributed by atoms with Crippen molar-refractivity contribution in [3.8, 4) is 0 Å². The lowest BCUT2D eigenvalue weighted by Gasteiger charge is -2.21. The summed E-state index contributed by atoms with van der Waals surface area (Å²) in [6.45, 7) is 6.32. The fraction of sp³-hybridized carbons (Fsp3) is 0.167. The smallest absolute Gasteiger partial charge is 0.282 e. The Morgan fingerprint density at radius 3 is 2.13 bits per heavy atom. The van der Waals surface area contributed by atoms with Gasteiger partial charge in [-0.05, 0) is 58.8 Å². The number of carbonyl (C=O) groups is 2. The van der Waals surface area contributed by atoms with Crippen LogP contribution >= 0.6 is 11.3 Å². The van der Waals surface area contributed by atoms with E-state index >= 15 is 0 Å². The number of nitrogens with one attached hydrogen (secondary N) is 1. The SMILES string of the molecule is CC(C)(C)c1ccc(N2C(=O)C(Nc3ccc(F)cc3)=C(c3cccs3)C2=O)cc1. The molecule has 2 heterocycles. The Bertz CT molecular complexity index is 1130. The van der Waals surface area contributed by atoms with Gasteiger partial charge in [0.2, 0.25) is 0 Å². The molecule has 4 rings (SSSR count). The molecule has 0 fully saturated rings. The normalized spacial score (nSPS) is 14.6. The molecule has 0 aliphatic carbocycles. The minimum atomic E-state index is -0.434. The van der Waals surface area contributed by atoms with E-state index in [4.69, 9.17) is 0 Å². The van der Waals surface area contributed by atoms with Gasteiger partial charge in [0.25, 0.3) is 11.8 Å². The zero-order chi connectivity index (χ0) is 21.5. The number of halogens is 1. The van der Waals surface area contributed by atoms with Crippen LogP contribution in [-0.4, -0.2) is 11.8 Å². The Morgan fingerprint density at radius 2 is 1.57 bits per heavy atom. The van der Waals surface area contributed by atoms with Crippen LogP contribution in [0.5, 0.6) is 0 Å². The van der Waals surface area contributed by atoms with Crippen LogP contribution in [-0.2, 0) is 15.0 Å². The van der Waals surface area contributed by atoms with Gasteiger partial charge in [0, 0.05) is 10.6 Å². The summed E-state index contributed by atoms with van der Waals surface area (Å²) in [6.07, 6.45) is 0. The second-order valence-electron chi connectivity index (χ2n) is 8.10. The van der Waals surface area contributed by atoms with E-state index in [1.807, 2.05) is 29.6 Å². The predicted molar refractivity (Wildman–Crippen MR) is 119 cm³/mol. The Morgan fingerprint density at radius 1 is 0.900 bits per heavy atom. The maximum Gasteiger partial charge on any atom is 0.282 e. The van der Waals surface area contributed by atoms with E-state index in [1.54, 1.807) is 12.1 Å². The number of amides is 2. The highest BCUT2D eigenvalue weighted by Gasteiger charge is 2.40. The number of anilines is 2. The van der Waals surface area contributed by atoms with E-state index in [0.29, 0.717) is 21.8 Å². The Kier molecular flexibility index (Phi) is 5.03. The molecular formula is C24H21FN2O2S. The van der Waals surface area contributed by atoms with Crippen molar-refractivity contribution in [3.63, 3.8) is 0 Å². The van der Waals surface area contributed by atoms with E-state index in [9.17, 15) is 14.0 Å². The summed E-state index contributed by atoms with van der Waals surface area (Å²) >= 11 is 1.39. The molecule has 2 amide bonds. The van der Waals surface area contributed by atoms with Crippen LogP contribution in [0, 0.1) is 5.82 Å². The van der Waals surface area contributed by atoms with Crippen LogP contribution in [0.1, 0.15) is 31.2 Å². The van der Waals surface area contributed by atoms with E-state index in [-0.39, 0.29) is 22.8 Å². The monoisotopic (exact) mass is 420 g/mol. The van der Waals surface area contributed by atoms with Gasteiger partial charge in [-0.25, -0.2) is 9.29 Å². The highest BCUT2D eigenvalue weighted by Crippen LogP contribution is 2.36. The third-order valence-electron chi connectivity index (χ3n) is 4.96. The number of rotatable bonds is 4. The van der Waals surface area contributed by atoms with Crippen molar-refractivity contribution in [2.45, 2.75) is 26.2 Å². The van der Waals surface area contributed by atoms with Gasteiger partial charge in [0.15, 0.2) is 0 Å². The quantitative estimate of drug-likeness (QED) is 0.561. The molecule has 1 aliphatic heterocycles. The van der Waals surface area contributed by atoms with Crippen molar-refractivity contribution >= 4 is 40.1 Å². The molecule has 2 aromatic carbocycles. The first kappa shape index (κ1) is 20.0. The number of imide groups is 1. The van der Waals surface area contributed by atoms with E-state index in [2.05, 4.69) is 26.1 Å². The van der Waals surface area contributed by atoms with Gasteiger partial charge >= 0.3 is 0 Å². The lowest BCUT2D eigenvalue weighted by Crippen LogP contribution is -2.32. The maximum absolute atomic E-state index is 13.3. The number of nitrogens with zero attached hydrogens (tertiary/aromatic N) is 1. The molecule has 0 radical (unpaired) electrons. The summed E-state index contributed by atoms with van der Waals surface area (Å²) in [5.74, 6) is -1.19. The second kappa shape index (κ2) is 7.54. The Hall–Kier alpha value is -3.25. The predicted octanol–water partition coefficient (Wildman–Crippen LogP) is 5.58. The van der Waals surface area contributed by atoms with Crippen LogP contribution < -0.4 is 10.2 Å².